The molecule has 3 nitrogen and oxygen atoms in total. The summed E-state index contributed by atoms with van der Waals surface area (Å²) in [5.74, 6) is 0.685. The van der Waals surface area contributed by atoms with Gasteiger partial charge in [-0.15, -0.1) is 0 Å². The van der Waals surface area contributed by atoms with Gasteiger partial charge in [-0.3, -0.25) is 9.59 Å². The standard InChI is InChI=1S/C15H16O3/c1-3-13-14(16)8-11(9-15(13)17)10-4-6-12(18-2)7-5-10/h3-7,11H,8-9H2,1-2H3. The van der Waals surface area contributed by atoms with Crippen LogP contribution in [0.15, 0.2) is 35.9 Å². The van der Waals surface area contributed by atoms with Gasteiger partial charge in [0.1, 0.15) is 5.75 Å². The van der Waals surface area contributed by atoms with Crippen molar-refractivity contribution in [1.82, 2.24) is 0 Å². The number of rotatable bonds is 2. The maximum atomic E-state index is 11.8. The van der Waals surface area contributed by atoms with Crippen LogP contribution in [0.4, 0.5) is 0 Å². The van der Waals surface area contributed by atoms with E-state index in [4.69, 9.17) is 4.74 Å². The minimum absolute atomic E-state index is 0.000365. The molecule has 1 aliphatic rings. The fourth-order valence-electron chi connectivity index (χ4n) is 2.33. The first-order valence-corrected chi connectivity index (χ1v) is 6.02. The Kier molecular flexibility index (Phi) is 3.60. The van der Waals surface area contributed by atoms with Crippen molar-refractivity contribution in [2.75, 3.05) is 7.11 Å². The molecule has 1 aromatic carbocycles. The van der Waals surface area contributed by atoms with E-state index in [0.717, 1.165) is 11.3 Å². The van der Waals surface area contributed by atoms with E-state index >= 15 is 0 Å². The Balaban J connectivity index is 2.20. The minimum Gasteiger partial charge on any atom is -0.497 e. The van der Waals surface area contributed by atoms with Gasteiger partial charge < -0.3 is 4.74 Å². The molecule has 1 fully saturated rings. The molecule has 0 amide bonds. The first kappa shape index (κ1) is 12.6. The molecular formula is C15H16O3. The van der Waals surface area contributed by atoms with Crippen LogP contribution < -0.4 is 4.74 Å². The Morgan fingerprint density at radius 1 is 1.11 bits per heavy atom. The van der Waals surface area contributed by atoms with Gasteiger partial charge in [0.25, 0.3) is 0 Å². The van der Waals surface area contributed by atoms with Crippen molar-refractivity contribution >= 4 is 11.6 Å². The van der Waals surface area contributed by atoms with E-state index in [2.05, 4.69) is 0 Å². The number of allylic oxidation sites excluding steroid dienone is 2. The van der Waals surface area contributed by atoms with E-state index in [1.807, 2.05) is 24.3 Å². The SMILES string of the molecule is CC=C1C(=O)CC(c2ccc(OC)cc2)CC1=O. The summed E-state index contributed by atoms with van der Waals surface area (Å²) in [6.45, 7) is 1.73. The number of benzene rings is 1. The predicted molar refractivity (Wildman–Crippen MR) is 68.7 cm³/mol. The summed E-state index contributed by atoms with van der Waals surface area (Å²) in [6.07, 6.45) is 2.45. The summed E-state index contributed by atoms with van der Waals surface area (Å²) in [7, 11) is 1.61. The zero-order valence-electron chi connectivity index (χ0n) is 10.6. The average Bonchev–Trinajstić information content (AvgIpc) is 2.38. The van der Waals surface area contributed by atoms with Crippen LogP contribution in [0.1, 0.15) is 31.2 Å². The molecule has 1 aliphatic carbocycles. The van der Waals surface area contributed by atoms with Gasteiger partial charge in [-0.05, 0) is 30.5 Å². The van der Waals surface area contributed by atoms with Gasteiger partial charge in [0, 0.05) is 12.8 Å². The Bertz CT molecular complexity index is 477. The van der Waals surface area contributed by atoms with E-state index in [0.29, 0.717) is 18.4 Å². The summed E-state index contributed by atoms with van der Waals surface area (Å²) < 4.78 is 5.09. The second-order valence-corrected chi connectivity index (χ2v) is 4.43. The zero-order valence-corrected chi connectivity index (χ0v) is 10.6. The number of hydrogen-bond acceptors (Lipinski definition) is 3. The van der Waals surface area contributed by atoms with E-state index in [1.54, 1.807) is 20.1 Å². The molecule has 0 atom stereocenters. The quantitative estimate of drug-likeness (QED) is 0.593. The van der Waals surface area contributed by atoms with Crippen LogP contribution in [0.25, 0.3) is 0 Å². The molecule has 2 rings (SSSR count). The minimum atomic E-state index is -0.0467. The third-order valence-corrected chi connectivity index (χ3v) is 3.34. The highest BCUT2D eigenvalue weighted by Crippen LogP contribution is 2.32. The summed E-state index contributed by atoms with van der Waals surface area (Å²) in [4.78, 5) is 23.7. The summed E-state index contributed by atoms with van der Waals surface area (Å²) in [6, 6.07) is 7.56. The van der Waals surface area contributed by atoms with E-state index in [1.165, 1.54) is 0 Å². The summed E-state index contributed by atoms with van der Waals surface area (Å²) in [5, 5.41) is 0. The number of ketones is 2. The molecule has 0 unspecified atom stereocenters. The molecule has 1 saturated carbocycles. The lowest BCUT2D eigenvalue weighted by Gasteiger charge is -2.22. The van der Waals surface area contributed by atoms with Gasteiger partial charge in [-0.2, -0.15) is 0 Å². The number of carbonyl (C=O) groups is 2. The number of methoxy groups -OCH3 is 1. The molecule has 1 aromatic rings. The Hall–Kier alpha value is -1.90. The maximum absolute atomic E-state index is 11.8. The average molecular weight is 244 g/mol. The first-order valence-electron chi connectivity index (χ1n) is 6.02. The molecular weight excluding hydrogens is 228 g/mol. The second-order valence-electron chi connectivity index (χ2n) is 4.43. The number of hydrogen-bond donors (Lipinski definition) is 0. The maximum Gasteiger partial charge on any atom is 0.166 e. The van der Waals surface area contributed by atoms with Crippen molar-refractivity contribution in [3.63, 3.8) is 0 Å². The fourth-order valence-corrected chi connectivity index (χ4v) is 2.33. The molecule has 0 N–H and O–H groups in total. The molecule has 18 heavy (non-hydrogen) atoms. The molecule has 0 aliphatic heterocycles. The highest BCUT2D eigenvalue weighted by Gasteiger charge is 2.30. The Morgan fingerprint density at radius 2 is 1.67 bits per heavy atom. The first-order chi connectivity index (χ1) is 8.65. The van der Waals surface area contributed by atoms with Gasteiger partial charge in [0.05, 0.1) is 12.7 Å². The van der Waals surface area contributed by atoms with Crippen LogP contribution in [-0.2, 0) is 9.59 Å². The third-order valence-electron chi connectivity index (χ3n) is 3.34. The van der Waals surface area contributed by atoms with Gasteiger partial charge in [-0.1, -0.05) is 18.2 Å². The van der Waals surface area contributed by atoms with Crippen LogP contribution in [0.3, 0.4) is 0 Å². The van der Waals surface area contributed by atoms with Crippen molar-refractivity contribution in [2.24, 2.45) is 0 Å². The normalized spacial score (nSPS) is 19.9. The topological polar surface area (TPSA) is 43.4 Å². The van der Waals surface area contributed by atoms with Gasteiger partial charge in [0.15, 0.2) is 11.6 Å². The van der Waals surface area contributed by atoms with Crippen LogP contribution in [0, 0.1) is 0 Å². The molecule has 0 aromatic heterocycles. The van der Waals surface area contributed by atoms with Gasteiger partial charge in [0.2, 0.25) is 0 Å². The third kappa shape index (κ3) is 2.35. The van der Waals surface area contributed by atoms with E-state index in [-0.39, 0.29) is 17.5 Å². The highest BCUT2D eigenvalue weighted by atomic mass is 16.5. The number of Topliss-reactive ketones (excluding diaryl/α,β-unsaturated/α-hetero) is 2. The Labute approximate surface area is 106 Å². The lowest BCUT2D eigenvalue weighted by Crippen LogP contribution is -2.24. The monoisotopic (exact) mass is 244 g/mol. The molecule has 0 heterocycles. The van der Waals surface area contributed by atoms with Crippen molar-refractivity contribution < 1.29 is 14.3 Å². The fraction of sp³-hybridized carbons (Fsp3) is 0.333. The van der Waals surface area contributed by atoms with E-state index < -0.39 is 0 Å². The van der Waals surface area contributed by atoms with Crippen LogP contribution in [0.2, 0.25) is 0 Å². The van der Waals surface area contributed by atoms with Gasteiger partial charge >= 0.3 is 0 Å². The van der Waals surface area contributed by atoms with Crippen LogP contribution in [-0.4, -0.2) is 18.7 Å². The van der Waals surface area contributed by atoms with Crippen LogP contribution >= 0.6 is 0 Å². The van der Waals surface area contributed by atoms with Crippen molar-refractivity contribution in [3.05, 3.63) is 41.5 Å². The Morgan fingerprint density at radius 3 is 2.11 bits per heavy atom. The molecule has 0 radical (unpaired) electrons. The number of ether oxygens (including phenoxy) is 1. The molecule has 0 bridgehead atoms. The summed E-state index contributed by atoms with van der Waals surface area (Å²) >= 11 is 0. The smallest absolute Gasteiger partial charge is 0.166 e. The second kappa shape index (κ2) is 5.17. The molecule has 3 heteroatoms. The largest absolute Gasteiger partial charge is 0.497 e. The van der Waals surface area contributed by atoms with Crippen molar-refractivity contribution in [1.29, 1.82) is 0 Å². The highest BCUT2D eigenvalue weighted by molar-refractivity contribution is 6.22. The van der Waals surface area contributed by atoms with Crippen molar-refractivity contribution in [2.45, 2.75) is 25.7 Å². The number of carbonyl (C=O) groups excluding carboxylic acids is 2. The molecule has 0 spiro atoms. The van der Waals surface area contributed by atoms with Gasteiger partial charge in [-0.25, -0.2) is 0 Å². The predicted octanol–water partition coefficient (Wildman–Crippen LogP) is 2.66. The summed E-state index contributed by atoms with van der Waals surface area (Å²) in [5.41, 5.74) is 1.38. The van der Waals surface area contributed by atoms with Crippen molar-refractivity contribution in [3.8, 4) is 5.75 Å². The lowest BCUT2D eigenvalue weighted by atomic mass is 9.80. The molecule has 94 valence electrons. The zero-order chi connectivity index (χ0) is 13.1. The van der Waals surface area contributed by atoms with Crippen LogP contribution in [0.5, 0.6) is 5.75 Å². The van der Waals surface area contributed by atoms with E-state index in [9.17, 15) is 9.59 Å². The lowest BCUT2D eigenvalue weighted by molar-refractivity contribution is -0.124. The molecule has 0 saturated heterocycles.